The van der Waals surface area contributed by atoms with Crippen LogP contribution < -0.4 is 10.9 Å². The number of aromatic nitrogens is 2. The number of thioether (sulfide) groups is 1. The SMILES string of the molecule is Cc1cc2c(=O)[nH]c(SCC(=O)Nc3ccc(Cl)cc3)nc2s1. The van der Waals surface area contributed by atoms with E-state index in [-0.39, 0.29) is 17.2 Å². The van der Waals surface area contributed by atoms with Crippen LogP contribution in [0.1, 0.15) is 4.88 Å². The van der Waals surface area contributed by atoms with Crippen molar-refractivity contribution in [3.05, 3.63) is 50.6 Å². The number of aromatic amines is 1. The van der Waals surface area contributed by atoms with Gasteiger partial charge in [0.05, 0.1) is 11.1 Å². The van der Waals surface area contributed by atoms with E-state index in [1.54, 1.807) is 24.3 Å². The first kappa shape index (κ1) is 16.0. The highest BCUT2D eigenvalue weighted by atomic mass is 35.5. The first-order chi connectivity index (χ1) is 11.0. The van der Waals surface area contributed by atoms with Gasteiger partial charge in [0.2, 0.25) is 5.91 Å². The second kappa shape index (κ2) is 6.74. The summed E-state index contributed by atoms with van der Waals surface area (Å²) < 4.78 is 0. The number of aryl methyl sites for hydroxylation is 1. The fraction of sp³-hybridized carbons (Fsp3) is 0.133. The predicted molar refractivity (Wildman–Crippen MR) is 95.8 cm³/mol. The number of carbonyl (C=O) groups is 1. The second-order valence-electron chi connectivity index (χ2n) is 4.79. The van der Waals surface area contributed by atoms with Gasteiger partial charge in [0.25, 0.3) is 5.56 Å². The Morgan fingerprint density at radius 1 is 1.39 bits per heavy atom. The van der Waals surface area contributed by atoms with Crippen LogP contribution in [0.15, 0.2) is 40.3 Å². The van der Waals surface area contributed by atoms with Crippen molar-refractivity contribution in [2.75, 3.05) is 11.1 Å². The molecule has 0 unspecified atom stereocenters. The van der Waals surface area contributed by atoms with Gasteiger partial charge in [0, 0.05) is 15.6 Å². The molecule has 1 aromatic carbocycles. The molecule has 0 fully saturated rings. The molecule has 3 rings (SSSR count). The van der Waals surface area contributed by atoms with E-state index < -0.39 is 0 Å². The molecule has 1 amide bonds. The third kappa shape index (κ3) is 3.93. The van der Waals surface area contributed by atoms with Crippen LogP contribution in [0.25, 0.3) is 10.2 Å². The number of hydrogen-bond acceptors (Lipinski definition) is 5. The minimum atomic E-state index is -0.181. The number of thiophene rings is 1. The molecule has 5 nitrogen and oxygen atoms in total. The van der Waals surface area contributed by atoms with Crippen LogP contribution in [0.4, 0.5) is 5.69 Å². The quantitative estimate of drug-likeness (QED) is 0.546. The van der Waals surface area contributed by atoms with Crippen molar-refractivity contribution in [2.45, 2.75) is 12.1 Å². The maximum Gasteiger partial charge on any atom is 0.260 e. The van der Waals surface area contributed by atoms with Crippen LogP contribution in [0.3, 0.4) is 0 Å². The van der Waals surface area contributed by atoms with Crippen molar-refractivity contribution in [2.24, 2.45) is 0 Å². The van der Waals surface area contributed by atoms with E-state index in [1.165, 1.54) is 23.1 Å². The summed E-state index contributed by atoms with van der Waals surface area (Å²) in [6.07, 6.45) is 0. The van der Waals surface area contributed by atoms with Gasteiger partial charge < -0.3 is 10.3 Å². The lowest BCUT2D eigenvalue weighted by atomic mass is 10.3. The number of benzene rings is 1. The molecule has 0 spiro atoms. The van der Waals surface area contributed by atoms with Crippen LogP contribution in [0.5, 0.6) is 0 Å². The lowest BCUT2D eigenvalue weighted by Gasteiger charge is -2.05. The van der Waals surface area contributed by atoms with Crippen LogP contribution in [-0.2, 0) is 4.79 Å². The van der Waals surface area contributed by atoms with E-state index >= 15 is 0 Å². The molecule has 0 bridgehead atoms. The number of nitrogens with zero attached hydrogens (tertiary/aromatic N) is 1. The summed E-state index contributed by atoms with van der Waals surface area (Å²) in [6, 6.07) is 8.68. The van der Waals surface area contributed by atoms with Crippen LogP contribution in [-0.4, -0.2) is 21.6 Å². The zero-order chi connectivity index (χ0) is 16.4. The zero-order valence-electron chi connectivity index (χ0n) is 12.1. The number of amides is 1. The Hall–Kier alpha value is -1.83. The summed E-state index contributed by atoms with van der Waals surface area (Å²) in [4.78, 5) is 32.7. The molecule has 118 valence electrons. The summed E-state index contributed by atoms with van der Waals surface area (Å²) in [6.45, 7) is 1.93. The van der Waals surface area contributed by atoms with Crippen molar-refractivity contribution in [3.63, 3.8) is 0 Å². The minimum Gasteiger partial charge on any atom is -0.325 e. The van der Waals surface area contributed by atoms with E-state index in [0.29, 0.717) is 26.1 Å². The van der Waals surface area contributed by atoms with Gasteiger partial charge in [0.15, 0.2) is 5.16 Å². The normalized spacial score (nSPS) is 10.9. The second-order valence-corrected chi connectivity index (χ2v) is 7.43. The van der Waals surface area contributed by atoms with Crippen molar-refractivity contribution in [1.82, 2.24) is 9.97 Å². The topological polar surface area (TPSA) is 74.8 Å². The molecule has 0 aliphatic rings. The number of nitrogens with one attached hydrogen (secondary N) is 2. The Morgan fingerprint density at radius 3 is 2.87 bits per heavy atom. The highest BCUT2D eigenvalue weighted by Crippen LogP contribution is 2.22. The molecule has 8 heteroatoms. The fourth-order valence-corrected chi connectivity index (χ4v) is 3.69. The third-order valence-corrected chi connectivity index (χ3v) is 5.04. The van der Waals surface area contributed by atoms with Crippen molar-refractivity contribution < 1.29 is 4.79 Å². The number of halogens is 1. The van der Waals surface area contributed by atoms with Crippen molar-refractivity contribution in [1.29, 1.82) is 0 Å². The molecule has 2 aromatic heterocycles. The number of rotatable bonds is 4. The van der Waals surface area contributed by atoms with Crippen LogP contribution >= 0.6 is 34.7 Å². The molecule has 3 aromatic rings. The number of anilines is 1. The van der Waals surface area contributed by atoms with Crippen molar-refractivity contribution in [3.8, 4) is 0 Å². The largest absolute Gasteiger partial charge is 0.325 e. The molecular weight excluding hydrogens is 354 g/mol. The lowest BCUT2D eigenvalue weighted by Crippen LogP contribution is -2.15. The van der Waals surface area contributed by atoms with Gasteiger partial charge in [-0.15, -0.1) is 11.3 Å². The van der Waals surface area contributed by atoms with Gasteiger partial charge in [-0.2, -0.15) is 0 Å². The van der Waals surface area contributed by atoms with Gasteiger partial charge in [-0.1, -0.05) is 23.4 Å². The van der Waals surface area contributed by atoms with Crippen LogP contribution in [0, 0.1) is 6.92 Å². The van der Waals surface area contributed by atoms with Gasteiger partial charge >= 0.3 is 0 Å². The van der Waals surface area contributed by atoms with Gasteiger partial charge in [-0.05, 0) is 37.3 Å². The molecule has 0 atom stereocenters. The number of H-pyrrole nitrogens is 1. The summed E-state index contributed by atoms with van der Waals surface area (Å²) in [5.41, 5.74) is 0.491. The molecule has 23 heavy (non-hydrogen) atoms. The zero-order valence-corrected chi connectivity index (χ0v) is 14.4. The lowest BCUT2D eigenvalue weighted by molar-refractivity contribution is -0.113. The Kier molecular flexibility index (Phi) is 4.70. The average molecular weight is 366 g/mol. The van der Waals surface area contributed by atoms with E-state index in [1.807, 2.05) is 13.0 Å². The fourth-order valence-electron chi connectivity index (χ4n) is 1.96. The van der Waals surface area contributed by atoms with Gasteiger partial charge in [-0.3, -0.25) is 9.59 Å². The molecular formula is C15H12ClN3O2S2. The molecule has 2 heterocycles. The molecule has 0 aliphatic carbocycles. The third-order valence-electron chi connectivity index (χ3n) is 2.97. The smallest absolute Gasteiger partial charge is 0.260 e. The Labute approximate surface area is 145 Å². The summed E-state index contributed by atoms with van der Waals surface area (Å²) in [5.74, 6) is -0.0241. The van der Waals surface area contributed by atoms with Gasteiger partial charge in [0.1, 0.15) is 4.83 Å². The highest BCUT2D eigenvalue weighted by Gasteiger charge is 2.09. The van der Waals surface area contributed by atoms with E-state index in [9.17, 15) is 9.59 Å². The van der Waals surface area contributed by atoms with Crippen LogP contribution in [0.2, 0.25) is 5.02 Å². The average Bonchev–Trinajstić information content (AvgIpc) is 2.89. The molecule has 0 saturated heterocycles. The first-order valence-corrected chi connectivity index (χ1v) is 8.88. The standard InChI is InChI=1S/C15H12ClN3O2S2/c1-8-6-11-13(21)18-15(19-14(11)23-8)22-7-12(20)17-10-4-2-9(16)3-5-10/h2-6H,7H2,1H3,(H,17,20)(H,18,19,21). The molecule has 0 saturated carbocycles. The Balaban J connectivity index is 1.66. The van der Waals surface area contributed by atoms with Gasteiger partial charge in [-0.25, -0.2) is 4.98 Å². The Morgan fingerprint density at radius 2 is 2.13 bits per heavy atom. The highest BCUT2D eigenvalue weighted by molar-refractivity contribution is 7.99. The first-order valence-electron chi connectivity index (χ1n) is 6.70. The maximum atomic E-state index is 12.0. The maximum absolute atomic E-state index is 12.0. The number of hydrogen-bond donors (Lipinski definition) is 2. The Bertz CT molecular complexity index is 919. The molecule has 0 radical (unpaired) electrons. The minimum absolute atomic E-state index is 0.154. The summed E-state index contributed by atoms with van der Waals surface area (Å²) in [7, 11) is 0. The molecule has 0 aliphatic heterocycles. The van der Waals surface area contributed by atoms with Crippen molar-refractivity contribution >= 4 is 56.5 Å². The number of carbonyl (C=O) groups excluding carboxylic acids is 1. The molecule has 2 N–H and O–H groups in total. The predicted octanol–water partition coefficient (Wildman–Crippen LogP) is 3.68. The van der Waals surface area contributed by atoms with E-state index in [0.717, 1.165) is 4.88 Å². The monoisotopic (exact) mass is 365 g/mol. The summed E-state index contributed by atoms with van der Waals surface area (Å²) >= 11 is 8.45. The van der Waals surface area contributed by atoms with E-state index in [4.69, 9.17) is 11.6 Å². The number of fused-ring (bicyclic) bond motifs is 1. The summed E-state index contributed by atoms with van der Waals surface area (Å²) in [5, 5.41) is 4.40. The van der Waals surface area contributed by atoms with E-state index in [2.05, 4.69) is 15.3 Å².